The lowest BCUT2D eigenvalue weighted by Gasteiger charge is -2.18. The molecule has 2 aromatic rings. The molecule has 0 saturated heterocycles. The first-order chi connectivity index (χ1) is 10.0. The molecule has 0 aliphatic heterocycles. The Morgan fingerprint density at radius 1 is 1.19 bits per heavy atom. The summed E-state index contributed by atoms with van der Waals surface area (Å²) in [4.78, 5) is 4.18. The number of hydrogen-bond donors (Lipinski definition) is 2. The summed E-state index contributed by atoms with van der Waals surface area (Å²) in [6.07, 6.45) is 3.45. The van der Waals surface area contributed by atoms with Crippen LogP contribution in [-0.2, 0) is 0 Å². The van der Waals surface area contributed by atoms with Crippen molar-refractivity contribution in [2.24, 2.45) is 5.84 Å². The Hall–Kier alpha value is -1.98. The number of halogens is 1. The third kappa shape index (κ3) is 3.77. The molecule has 1 heterocycles. The van der Waals surface area contributed by atoms with Gasteiger partial charge in [-0.15, -0.1) is 0 Å². The van der Waals surface area contributed by atoms with E-state index in [0.717, 1.165) is 11.1 Å². The van der Waals surface area contributed by atoms with Gasteiger partial charge in [-0.2, -0.15) is 0 Å². The van der Waals surface area contributed by atoms with E-state index in [1.165, 1.54) is 6.07 Å². The summed E-state index contributed by atoms with van der Waals surface area (Å²) in [6.45, 7) is 5.63. The molecule has 5 heteroatoms. The second-order valence-electron chi connectivity index (χ2n) is 5.23. The van der Waals surface area contributed by atoms with Crippen LogP contribution in [0.2, 0.25) is 0 Å². The van der Waals surface area contributed by atoms with Crippen LogP contribution in [0.15, 0.2) is 36.7 Å². The Morgan fingerprint density at radius 2 is 1.95 bits per heavy atom. The maximum atomic E-state index is 13.4. The highest BCUT2D eigenvalue weighted by Crippen LogP contribution is 2.25. The molecule has 1 unspecified atom stereocenters. The minimum Gasteiger partial charge on any atom is -0.489 e. The molecule has 2 rings (SSSR count). The van der Waals surface area contributed by atoms with E-state index < -0.39 is 0 Å². The number of aryl methyl sites for hydroxylation is 1. The molecule has 3 N–H and O–H groups in total. The molecule has 0 aliphatic carbocycles. The third-order valence-electron chi connectivity index (χ3n) is 3.12. The van der Waals surface area contributed by atoms with Crippen LogP contribution in [0.5, 0.6) is 5.75 Å². The van der Waals surface area contributed by atoms with E-state index in [0.29, 0.717) is 11.3 Å². The van der Waals surface area contributed by atoms with E-state index in [1.54, 1.807) is 31.5 Å². The van der Waals surface area contributed by atoms with Gasteiger partial charge in [-0.1, -0.05) is 12.1 Å². The van der Waals surface area contributed by atoms with Crippen molar-refractivity contribution in [3.05, 3.63) is 59.2 Å². The van der Waals surface area contributed by atoms with Crippen molar-refractivity contribution in [1.82, 2.24) is 10.4 Å². The number of nitrogens with one attached hydrogen (secondary N) is 1. The number of rotatable bonds is 5. The Balaban J connectivity index is 2.34. The number of nitrogens with zero attached hydrogens (tertiary/aromatic N) is 1. The maximum Gasteiger partial charge on any atom is 0.138 e. The van der Waals surface area contributed by atoms with Crippen molar-refractivity contribution in [3.63, 3.8) is 0 Å². The summed E-state index contributed by atoms with van der Waals surface area (Å²) in [5.41, 5.74) is 5.06. The zero-order valence-electron chi connectivity index (χ0n) is 12.4. The lowest BCUT2D eigenvalue weighted by molar-refractivity contribution is 0.241. The van der Waals surface area contributed by atoms with Gasteiger partial charge in [0.2, 0.25) is 0 Å². The van der Waals surface area contributed by atoms with E-state index >= 15 is 0 Å². The Labute approximate surface area is 124 Å². The summed E-state index contributed by atoms with van der Waals surface area (Å²) in [5.74, 6) is 6.11. The first kappa shape index (κ1) is 15.4. The van der Waals surface area contributed by atoms with Gasteiger partial charge in [-0.05, 0) is 49.6 Å². The molecule has 1 atom stereocenters. The summed E-state index contributed by atoms with van der Waals surface area (Å²) >= 11 is 0. The van der Waals surface area contributed by atoms with Crippen molar-refractivity contribution < 1.29 is 9.13 Å². The zero-order valence-corrected chi connectivity index (χ0v) is 12.4. The summed E-state index contributed by atoms with van der Waals surface area (Å²) in [5, 5.41) is 0. The van der Waals surface area contributed by atoms with Crippen LogP contribution >= 0.6 is 0 Å². The van der Waals surface area contributed by atoms with Crippen molar-refractivity contribution in [2.75, 3.05) is 0 Å². The number of benzene rings is 1. The topological polar surface area (TPSA) is 60.2 Å². The molecule has 0 aliphatic rings. The van der Waals surface area contributed by atoms with Gasteiger partial charge in [0.25, 0.3) is 0 Å². The molecule has 0 bridgehead atoms. The highest BCUT2D eigenvalue weighted by Gasteiger charge is 2.15. The molecule has 1 aromatic heterocycles. The van der Waals surface area contributed by atoms with Gasteiger partial charge in [-0.3, -0.25) is 10.8 Å². The quantitative estimate of drug-likeness (QED) is 0.656. The Bertz CT molecular complexity index is 616. The highest BCUT2D eigenvalue weighted by molar-refractivity contribution is 5.36. The smallest absolute Gasteiger partial charge is 0.138 e. The van der Waals surface area contributed by atoms with Crippen LogP contribution in [0.4, 0.5) is 4.39 Å². The molecular formula is C16H20FN3O. The summed E-state index contributed by atoms with van der Waals surface area (Å²) < 4.78 is 19.0. The molecule has 112 valence electrons. The molecule has 0 fully saturated rings. The SMILES string of the molecule is Cc1cc(C(NN)c2cncc(OC(C)C)c2)ccc1F. The standard InChI is InChI=1S/C16H20FN3O/c1-10(2)21-14-7-13(8-19-9-14)16(20-18)12-4-5-15(17)11(3)6-12/h4-10,16,20H,18H2,1-3H3. The predicted octanol–water partition coefficient (Wildman–Crippen LogP) is 2.87. The van der Waals surface area contributed by atoms with Gasteiger partial charge in [0.1, 0.15) is 11.6 Å². The van der Waals surface area contributed by atoms with Crippen LogP contribution in [-0.4, -0.2) is 11.1 Å². The fraction of sp³-hybridized carbons (Fsp3) is 0.312. The van der Waals surface area contributed by atoms with Gasteiger partial charge >= 0.3 is 0 Å². The molecular weight excluding hydrogens is 269 g/mol. The molecule has 21 heavy (non-hydrogen) atoms. The monoisotopic (exact) mass is 289 g/mol. The fourth-order valence-corrected chi connectivity index (χ4v) is 2.16. The fourth-order valence-electron chi connectivity index (χ4n) is 2.16. The van der Waals surface area contributed by atoms with Crippen LogP contribution in [0.1, 0.15) is 36.6 Å². The number of pyridine rings is 1. The van der Waals surface area contributed by atoms with E-state index in [9.17, 15) is 4.39 Å². The number of hydrazine groups is 1. The normalized spacial score (nSPS) is 12.5. The molecule has 1 aromatic carbocycles. The average molecular weight is 289 g/mol. The van der Waals surface area contributed by atoms with Gasteiger partial charge in [-0.25, -0.2) is 9.82 Å². The van der Waals surface area contributed by atoms with E-state index in [1.807, 2.05) is 19.9 Å². The van der Waals surface area contributed by atoms with Crippen molar-refractivity contribution in [2.45, 2.75) is 32.9 Å². The van der Waals surface area contributed by atoms with Gasteiger partial charge < -0.3 is 4.74 Å². The average Bonchev–Trinajstić information content (AvgIpc) is 2.43. The second kappa shape index (κ2) is 6.65. The van der Waals surface area contributed by atoms with Crippen LogP contribution in [0.3, 0.4) is 0 Å². The van der Waals surface area contributed by atoms with E-state index in [2.05, 4.69) is 10.4 Å². The van der Waals surface area contributed by atoms with Crippen molar-refractivity contribution in [1.29, 1.82) is 0 Å². The minimum absolute atomic E-state index is 0.0689. The molecule has 0 saturated carbocycles. The van der Waals surface area contributed by atoms with Gasteiger partial charge in [0, 0.05) is 6.20 Å². The van der Waals surface area contributed by atoms with Crippen molar-refractivity contribution >= 4 is 0 Å². The molecule has 0 radical (unpaired) electrons. The largest absolute Gasteiger partial charge is 0.489 e. The lowest BCUT2D eigenvalue weighted by Crippen LogP contribution is -2.29. The molecule has 4 nitrogen and oxygen atoms in total. The van der Waals surface area contributed by atoms with E-state index in [4.69, 9.17) is 10.6 Å². The Kier molecular flexibility index (Phi) is 4.88. The second-order valence-corrected chi connectivity index (χ2v) is 5.23. The predicted molar refractivity (Wildman–Crippen MR) is 80.3 cm³/mol. The summed E-state index contributed by atoms with van der Waals surface area (Å²) in [7, 11) is 0. The van der Waals surface area contributed by atoms with Crippen LogP contribution in [0.25, 0.3) is 0 Å². The first-order valence-electron chi connectivity index (χ1n) is 6.85. The van der Waals surface area contributed by atoms with E-state index in [-0.39, 0.29) is 18.0 Å². The minimum atomic E-state index is -0.271. The van der Waals surface area contributed by atoms with Crippen molar-refractivity contribution in [3.8, 4) is 5.75 Å². The summed E-state index contributed by atoms with van der Waals surface area (Å²) in [6, 6.07) is 6.54. The number of ether oxygens (including phenoxy) is 1. The van der Waals surface area contributed by atoms with Crippen LogP contribution < -0.4 is 16.0 Å². The van der Waals surface area contributed by atoms with Gasteiger partial charge in [0.15, 0.2) is 0 Å². The lowest BCUT2D eigenvalue weighted by atomic mass is 9.99. The molecule has 0 spiro atoms. The zero-order chi connectivity index (χ0) is 15.4. The number of hydrogen-bond acceptors (Lipinski definition) is 4. The third-order valence-corrected chi connectivity index (χ3v) is 3.12. The molecule has 0 amide bonds. The maximum absolute atomic E-state index is 13.4. The van der Waals surface area contributed by atoms with Crippen LogP contribution in [0, 0.1) is 12.7 Å². The van der Waals surface area contributed by atoms with Gasteiger partial charge in [0.05, 0.1) is 18.3 Å². The Morgan fingerprint density at radius 3 is 2.57 bits per heavy atom. The number of aromatic nitrogens is 1. The first-order valence-corrected chi connectivity index (χ1v) is 6.85. The number of nitrogens with two attached hydrogens (primary N) is 1. The highest BCUT2D eigenvalue weighted by atomic mass is 19.1.